The first-order valence-corrected chi connectivity index (χ1v) is 19.2. The molecule has 0 atom stereocenters. The van der Waals surface area contributed by atoms with Crippen LogP contribution in [0.5, 0.6) is 0 Å². The number of pyridine rings is 1. The molecular weight excluding hydrogens is 695 g/mol. The van der Waals surface area contributed by atoms with E-state index >= 15 is 0 Å². The third-order valence-electron chi connectivity index (χ3n) is 10.8. The maximum atomic E-state index is 6.39. The van der Waals surface area contributed by atoms with Crippen LogP contribution >= 0.6 is 0 Å². The van der Waals surface area contributed by atoms with Crippen LogP contribution in [0.4, 0.5) is 0 Å². The molecule has 0 saturated carbocycles. The summed E-state index contributed by atoms with van der Waals surface area (Å²) in [5, 5.41) is 5.68. The number of hydrogen-bond donors (Lipinski definition) is 0. The van der Waals surface area contributed by atoms with Gasteiger partial charge in [-0.05, 0) is 81.6 Å². The van der Waals surface area contributed by atoms with Gasteiger partial charge in [0.2, 0.25) is 0 Å². The highest BCUT2D eigenvalue weighted by Gasteiger charge is 2.19. The van der Waals surface area contributed by atoms with Gasteiger partial charge >= 0.3 is 0 Å². The normalized spacial score (nSPS) is 11.5. The van der Waals surface area contributed by atoms with E-state index in [0.29, 0.717) is 5.82 Å². The molecule has 0 N–H and O–H groups in total. The van der Waals surface area contributed by atoms with Crippen molar-refractivity contribution in [2.24, 2.45) is 0 Å². The van der Waals surface area contributed by atoms with Crippen molar-refractivity contribution < 1.29 is 4.42 Å². The van der Waals surface area contributed by atoms with Crippen molar-refractivity contribution in [3.05, 3.63) is 200 Å². The molecule has 4 nitrogen and oxygen atoms in total. The number of benzene rings is 8. The number of fused-ring (bicyclic) bond motifs is 6. The van der Waals surface area contributed by atoms with E-state index in [0.717, 1.165) is 94.4 Å². The van der Waals surface area contributed by atoms with Gasteiger partial charge in [-0.2, -0.15) is 0 Å². The molecule has 0 unspecified atom stereocenters. The minimum Gasteiger partial charge on any atom is -0.456 e. The van der Waals surface area contributed by atoms with Crippen molar-refractivity contribution in [2.45, 2.75) is 0 Å². The number of aromatic nitrogens is 3. The number of nitrogens with zero attached hydrogens (tertiary/aromatic N) is 3. The molecule has 0 radical (unpaired) electrons. The Labute approximate surface area is 329 Å². The summed E-state index contributed by atoms with van der Waals surface area (Å²) in [6, 6.07) is 69.7. The van der Waals surface area contributed by atoms with Crippen LogP contribution in [0.15, 0.2) is 205 Å². The number of para-hydroxylation sites is 1. The second-order valence-electron chi connectivity index (χ2n) is 14.4. The zero-order chi connectivity index (χ0) is 37.7. The van der Waals surface area contributed by atoms with Crippen molar-refractivity contribution in [2.75, 3.05) is 0 Å². The van der Waals surface area contributed by atoms with Crippen LogP contribution < -0.4 is 0 Å². The van der Waals surface area contributed by atoms with Crippen LogP contribution in [-0.4, -0.2) is 15.0 Å². The molecule has 0 spiro atoms. The Morgan fingerprint density at radius 2 is 0.895 bits per heavy atom. The molecule has 11 rings (SSSR count). The molecule has 0 aliphatic carbocycles. The van der Waals surface area contributed by atoms with E-state index in [9.17, 15) is 0 Å². The lowest BCUT2D eigenvalue weighted by atomic mass is 9.91. The van der Waals surface area contributed by atoms with E-state index in [1.54, 1.807) is 0 Å². The summed E-state index contributed by atoms with van der Waals surface area (Å²) < 4.78 is 6.39. The average molecular weight is 728 g/mol. The van der Waals surface area contributed by atoms with Crippen LogP contribution in [0.1, 0.15) is 0 Å². The van der Waals surface area contributed by atoms with Crippen LogP contribution in [0.25, 0.3) is 111 Å². The average Bonchev–Trinajstić information content (AvgIpc) is 3.68. The number of rotatable bonds is 6. The number of hydrogen-bond acceptors (Lipinski definition) is 4. The molecule has 57 heavy (non-hydrogen) atoms. The van der Waals surface area contributed by atoms with Gasteiger partial charge in [0.1, 0.15) is 11.2 Å². The second kappa shape index (κ2) is 13.6. The molecule has 0 aliphatic heterocycles. The first kappa shape index (κ1) is 32.7. The second-order valence-corrected chi connectivity index (χ2v) is 14.4. The molecule has 0 fully saturated rings. The lowest BCUT2D eigenvalue weighted by Gasteiger charge is -2.16. The fourth-order valence-electron chi connectivity index (χ4n) is 8.16. The Balaban J connectivity index is 1.21. The van der Waals surface area contributed by atoms with Gasteiger partial charge in [0.25, 0.3) is 0 Å². The van der Waals surface area contributed by atoms with Crippen molar-refractivity contribution in [3.8, 4) is 67.4 Å². The Morgan fingerprint density at radius 3 is 1.65 bits per heavy atom. The third kappa shape index (κ3) is 5.83. The summed E-state index contributed by atoms with van der Waals surface area (Å²) in [6.07, 6.45) is 0. The van der Waals surface area contributed by atoms with Gasteiger partial charge in [0.15, 0.2) is 5.82 Å². The van der Waals surface area contributed by atoms with Gasteiger partial charge in [0, 0.05) is 38.4 Å². The molecule has 8 aromatic carbocycles. The Kier molecular flexibility index (Phi) is 7.78. The van der Waals surface area contributed by atoms with E-state index in [4.69, 9.17) is 19.4 Å². The van der Waals surface area contributed by atoms with E-state index < -0.39 is 0 Å². The maximum Gasteiger partial charge on any atom is 0.160 e. The Bertz CT molecular complexity index is 3220. The minimum atomic E-state index is 0.670. The van der Waals surface area contributed by atoms with Gasteiger partial charge < -0.3 is 4.42 Å². The van der Waals surface area contributed by atoms with E-state index in [1.807, 2.05) is 54.6 Å². The molecule has 266 valence electrons. The smallest absolute Gasteiger partial charge is 0.160 e. The van der Waals surface area contributed by atoms with Crippen molar-refractivity contribution in [1.29, 1.82) is 0 Å². The molecular formula is C53H33N3O. The van der Waals surface area contributed by atoms with Gasteiger partial charge in [-0.3, -0.25) is 0 Å². The molecule has 0 saturated heterocycles. The van der Waals surface area contributed by atoms with Crippen molar-refractivity contribution in [1.82, 2.24) is 15.0 Å². The topological polar surface area (TPSA) is 51.8 Å². The van der Waals surface area contributed by atoms with Crippen LogP contribution in [0.3, 0.4) is 0 Å². The lowest BCUT2D eigenvalue weighted by molar-refractivity contribution is 0.669. The fourth-order valence-corrected chi connectivity index (χ4v) is 8.16. The summed E-state index contributed by atoms with van der Waals surface area (Å²) in [7, 11) is 0. The predicted molar refractivity (Wildman–Crippen MR) is 235 cm³/mol. The van der Waals surface area contributed by atoms with Crippen LogP contribution in [0, 0.1) is 0 Å². The third-order valence-corrected chi connectivity index (χ3v) is 10.8. The van der Waals surface area contributed by atoms with Crippen molar-refractivity contribution in [3.63, 3.8) is 0 Å². The number of furan rings is 1. The molecule has 3 heterocycles. The highest BCUT2D eigenvalue weighted by Crippen LogP contribution is 2.42. The van der Waals surface area contributed by atoms with Gasteiger partial charge in [-0.15, -0.1) is 0 Å². The van der Waals surface area contributed by atoms with Gasteiger partial charge in [-0.25, -0.2) is 15.0 Å². The molecule has 4 heteroatoms. The maximum absolute atomic E-state index is 6.39. The quantitative estimate of drug-likeness (QED) is 0.160. The summed E-state index contributed by atoms with van der Waals surface area (Å²) in [4.78, 5) is 15.8. The fraction of sp³-hybridized carbons (Fsp3) is 0. The monoisotopic (exact) mass is 727 g/mol. The van der Waals surface area contributed by atoms with E-state index in [-0.39, 0.29) is 0 Å². The zero-order valence-electron chi connectivity index (χ0n) is 30.8. The standard InChI is InChI=1S/C53H33N3O/c1-4-15-34(16-5-1)44-32-46(54-45-28-27-35-17-10-11-22-41(35)51(44)45)39-29-38(42-24-14-26-50-52(42)43-23-12-13-25-49(43)57-50)30-40(31-39)48-33-47(36-18-6-2-7-19-36)55-53(56-48)37-20-8-3-9-21-37/h1-33H. The molecule has 3 aromatic heterocycles. The predicted octanol–water partition coefficient (Wildman–Crippen LogP) is 14.1. The molecule has 11 aromatic rings. The highest BCUT2D eigenvalue weighted by molar-refractivity contribution is 6.15. The summed E-state index contributed by atoms with van der Waals surface area (Å²) >= 11 is 0. The largest absolute Gasteiger partial charge is 0.456 e. The van der Waals surface area contributed by atoms with Gasteiger partial charge in [-0.1, -0.05) is 152 Å². The van der Waals surface area contributed by atoms with Crippen LogP contribution in [0.2, 0.25) is 0 Å². The minimum absolute atomic E-state index is 0.670. The molecule has 0 bridgehead atoms. The Morgan fingerprint density at radius 1 is 0.316 bits per heavy atom. The summed E-state index contributed by atoms with van der Waals surface area (Å²) in [5.74, 6) is 0.670. The first-order valence-electron chi connectivity index (χ1n) is 19.2. The van der Waals surface area contributed by atoms with Gasteiger partial charge in [0.05, 0.1) is 22.6 Å². The zero-order valence-corrected chi connectivity index (χ0v) is 30.8. The molecule has 0 amide bonds. The Hall–Kier alpha value is -7.69. The highest BCUT2D eigenvalue weighted by atomic mass is 16.3. The van der Waals surface area contributed by atoms with Crippen LogP contribution in [-0.2, 0) is 0 Å². The lowest BCUT2D eigenvalue weighted by Crippen LogP contribution is -1.97. The van der Waals surface area contributed by atoms with Crippen molar-refractivity contribution >= 4 is 43.6 Å². The first-order chi connectivity index (χ1) is 28.2. The SMILES string of the molecule is c1ccc(-c2cc(-c3cc(-c4cc(-c5ccccc5)c5c(ccc6ccccc65)n4)cc(-c4cccc5oc6ccccc6c45)c3)nc(-c3ccccc3)n2)cc1. The summed E-state index contributed by atoms with van der Waals surface area (Å²) in [6.45, 7) is 0. The summed E-state index contributed by atoms with van der Waals surface area (Å²) in [5.41, 5.74) is 13.6. The molecule has 0 aliphatic rings. The van der Waals surface area contributed by atoms with E-state index in [2.05, 4.69) is 146 Å². The van der Waals surface area contributed by atoms with E-state index in [1.165, 1.54) is 10.8 Å².